The van der Waals surface area contributed by atoms with Crippen LogP contribution in [-0.2, 0) is 6.61 Å². The summed E-state index contributed by atoms with van der Waals surface area (Å²) in [6, 6.07) is 9.39. The molecular formula is C16H15N3O2. The second-order valence-electron chi connectivity index (χ2n) is 4.89. The van der Waals surface area contributed by atoms with Gasteiger partial charge >= 0.3 is 0 Å². The molecule has 0 radical (unpaired) electrons. The topological polar surface area (TPSA) is 80.6 Å². The van der Waals surface area contributed by atoms with Crippen molar-refractivity contribution in [1.82, 2.24) is 9.38 Å². The number of aliphatic hydroxyl groups excluding tert-OH is 1. The van der Waals surface area contributed by atoms with E-state index in [-0.39, 0.29) is 12.4 Å². The van der Waals surface area contributed by atoms with E-state index in [1.54, 1.807) is 10.6 Å². The lowest BCUT2D eigenvalue weighted by Crippen LogP contribution is -2.01. The van der Waals surface area contributed by atoms with Crippen molar-refractivity contribution in [3.8, 4) is 11.1 Å². The number of aromatic nitrogens is 2. The fourth-order valence-electron chi connectivity index (χ4n) is 2.42. The molecule has 1 aromatic carbocycles. The van der Waals surface area contributed by atoms with Crippen LogP contribution < -0.4 is 5.73 Å². The minimum Gasteiger partial charge on any atom is -0.395 e. The van der Waals surface area contributed by atoms with Crippen LogP contribution in [0.15, 0.2) is 42.7 Å². The van der Waals surface area contributed by atoms with Gasteiger partial charge in [-0.3, -0.25) is 9.20 Å². The number of nitrogens with two attached hydrogens (primary N) is 1. The summed E-state index contributed by atoms with van der Waals surface area (Å²) < 4.78 is 1.69. The van der Waals surface area contributed by atoms with Crippen LogP contribution in [-0.4, -0.2) is 20.3 Å². The standard InChI is InChI=1S/C16H15N3O2/c1-10(21)14-8-18-16-15(17)13(5-6-19(14)16)12-4-2-3-11(7-12)9-20/h2-8,20H,9,17H2,1H3. The van der Waals surface area contributed by atoms with Crippen molar-refractivity contribution in [3.63, 3.8) is 0 Å². The Balaban J connectivity index is 2.20. The maximum Gasteiger partial charge on any atom is 0.178 e. The number of hydrogen-bond acceptors (Lipinski definition) is 4. The van der Waals surface area contributed by atoms with Crippen LogP contribution in [0.2, 0.25) is 0 Å². The van der Waals surface area contributed by atoms with Crippen molar-refractivity contribution >= 4 is 17.1 Å². The zero-order valence-corrected chi connectivity index (χ0v) is 11.6. The number of nitrogen functional groups attached to an aromatic ring is 1. The first-order valence-electron chi connectivity index (χ1n) is 6.58. The molecule has 3 rings (SSSR count). The van der Waals surface area contributed by atoms with E-state index in [2.05, 4.69) is 4.98 Å². The van der Waals surface area contributed by atoms with Crippen molar-refractivity contribution < 1.29 is 9.90 Å². The number of carbonyl (C=O) groups excluding carboxylic acids is 1. The van der Waals surface area contributed by atoms with Gasteiger partial charge in [0.25, 0.3) is 0 Å². The predicted octanol–water partition coefficient (Wildman–Crippen LogP) is 2.28. The van der Waals surface area contributed by atoms with Gasteiger partial charge < -0.3 is 10.8 Å². The van der Waals surface area contributed by atoms with Crippen LogP contribution in [0.1, 0.15) is 23.0 Å². The number of rotatable bonds is 3. The molecule has 0 saturated heterocycles. The van der Waals surface area contributed by atoms with Gasteiger partial charge in [0.1, 0.15) is 5.69 Å². The van der Waals surface area contributed by atoms with Crippen molar-refractivity contribution in [2.24, 2.45) is 0 Å². The highest BCUT2D eigenvalue weighted by Gasteiger charge is 2.13. The highest BCUT2D eigenvalue weighted by atomic mass is 16.3. The fraction of sp³-hybridized carbons (Fsp3) is 0.125. The van der Waals surface area contributed by atoms with E-state index in [0.29, 0.717) is 17.0 Å². The fourth-order valence-corrected chi connectivity index (χ4v) is 2.42. The first kappa shape index (κ1) is 13.3. The largest absolute Gasteiger partial charge is 0.395 e. The molecule has 2 aromatic heterocycles. The molecule has 21 heavy (non-hydrogen) atoms. The predicted molar refractivity (Wildman–Crippen MR) is 81.0 cm³/mol. The Morgan fingerprint density at radius 3 is 2.90 bits per heavy atom. The molecule has 3 aromatic rings. The average molecular weight is 281 g/mol. The first-order valence-corrected chi connectivity index (χ1v) is 6.58. The van der Waals surface area contributed by atoms with Crippen LogP contribution >= 0.6 is 0 Å². The van der Waals surface area contributed by atoms with Crippen LogP contribution in [0.4, 0.5) is 5.69 Å². The lowest BCUT2D eigenvalue weighted by atomic mass is 10.0. The molecule has 2 heterocycles. The Morgan fingerprint density at radius 1 is 1.38 bits per heavy atom. The number of Topliss-reactive ketones (excluding diaryl/α,β-unsaturated/α-hetero) is 1. The van der Waals surface area contributed by atoms with E-state index in [1.807, 2.05) is 30.3 Å². The van der Waals surface area contributed by atoms with Gasteiger partial charge in [0.15, 0.2) is 11.4 Å². The van der Waals surface area contributed by atoms with E-state index in [0.717, 1.165) is 16.7 Å². The van der Waals surface area contributed by atoms with E-state index >= 15 is 0 Å². The molecule has 0 bridgehead atoms. The minimum absolute atomic E-state index is 0.0200. The Bertz CT molecular complexity index is 837. The van der Waals surface area contributed by atoms with Crippen molar-refractivity contribution in [2.45, 2.75) is 13.5 Å². The third-order valence-electron chi connectivity index (χ3n) is 3.50. The number of aliphatic hydroxyl groups is 1. The van der Waals surface area contributed by atoms with Gasteiger partial charge in [-0.25, -0.2) is 4.98 Å². The number of benzene rings is 1. The summed E-state index contributed by atoms with van der Waals surface area (Å²) in [6.07, 6.45) is 3.32. The van der Waals surface area contributed by atoms with E-state index in [9.17, 15) is 9.90 Å². The summed E-state index contributed by atoms with van der Waals surface area (Å²) >= 11 is 0. The summed E-state index contributed by atoms with van der Waals surface area (Å²) in [4.78, 5) is 15.8. The van der Waals surface area contributed by atoms with Gasteiger partial charge in [-0.15, -0.1) is 0 Å². The Hall–Kier alpha value is -2.66. The summed E-state index contributed by atoms with van der Waals surface area (Å²) in [5.74, 6) is -0.0584. The number of pyridine rings is 1. The second kappa shape index (κ2) is 5.03. The molecule has 0 saturated carbocycles. The maximum absolute atomic E-state index is 11.5. The Morgan fingerprint density at radius 2 is 2.19 bits per heavy atom. The molecule has 5 nitrogen and oxygen atoms in total. The molecular weight excluding hydrogens is 266 g/mol. The molecule has 0 unspecified atom stereocenters. The normalized spacial score (nSPS) is 11.0. The number of hydrogen-bond donors (Lipinski definition) is 2. The van der Waals surface area contributed by atoms with Crippen LogP contribution in [0.5, 0.6) is 0 Å². The summed E-state index contributed by atoms with van der Waals surface area (Å²) in [5.41, 5.74) is 10.3. The van der Waals surface area contributed by atoms with Gasteiger partial charge in [-0.05, 0) is 23.3 Å². The molecule has 0 fully saturated rings. The van der Waals surface area contributed by atoms with E-state index in [4.69, 9.17) is 5.73 Å². The lowest BCUT2D eigenvalue weighted by Gasteiger charge is -2.09. The van der Waals surface area contributed by atoms with Crippen molar-refractivity contribution in [3.05, 3.63) is 54.0 Å². The van der Waals surface area contributed by atoms with Crippen LogP contribution in [0, 0.1) is 0 Å². The molecule has 0 atom stereocenters. The van der Waals surface area contributed by atoms with Crippen molar-refractivity contribution in [2.75, 3.05) is 5.73 Å². The van der Waals surface area contributed by atoms with Gasteiger partial charge in [0, 0.05) is 18.7 Å². The smallest absolute Gasteiger partial charge is 0.178 e. The van der Waals surface area contributed by atoms with Crippen LogP contribution in [0.3, 0.4) is 0 Å². The molecule has 106 valence electrons. The number of carbonyl (C=O) groups is 1. The number of anilines is 1. The number of nitrogens with zero attached hydrogens (tertiary/aromatic N) is 2. The van der Waals surface area contributed by atoms with Gasteiger partial charge in [0.2, 0.25) is 0 Å². The highest BCUT2D eigenvalue weighted by molar-refractivity contribution is 5.95. The van der Waals surface area contributed by atoms with E-state index < -0.39 is 0 Å². The monoisotopic (exact) mass is 281 g/mol. The summed E-state index contributed by atoms with van der Waals surface area (Å²) in [6.45, 7) is 1.48. The quantitative estimate of drug-likeness (QED) is 0.722. The zero-order valence-electron chi connectivity index (χ0n) is 11.6. The lowest BCUT2D eigenvalue weighted by molar-refractivity contribution is 0.101. The number of imidazole rings is 1. The minimum atomic E-state index is -0.0584. The summed E-state index contributed by atoms with van der Waals surface area (Å²) in [5, 5.41) is 9.23. The third-order valence-corrected chi connectivity index (χ3v) is 3.50. The first-order chi connectivity index (χ1) is 10.1. The van der Waals surface area contributed by atoms with Crippen LogP contribution in [0.25, 0.3) is 16.8 Å². The summed E-state index contributed by atoms with van der Waals surface area (Å²) in [7, 11) is 0. The molecule has 3 N–H and O–H groups in total. The van der Waals surface area contributed by atoms with Gasteiger partial charge in [0.05, 0.1) is 18.5 Å². The van der Waals surface area contributed by atoms with E-state index in [1.165, 1.54) is 13.1 Å². The number of ketones is 1. The second-order valence-corrected chi connectivity index (χ2v) is 4.89. The number of fused-ring (bicyclic) bond motifs is 1. The van der Waals surface area contributed by atoms with Gasteiger partial charge in [-0.2, -0.15) is 0 Å². The van der Waals surface area contributed by atoms with Crippen molar-refractivity contribution in [1.29, 1.82) is 0 Å². The maximum atomic E-state index is 11.5. The zero-order chi connectivity index (χ0) is 15.0. The highest BCUT2D eigenvalue weighted by Crippen LogP contribution is 2.29. The Kier molecular flexibility index (Phi) is 3.19. The Labute approximate surface area is 121 Å². The molecule has 0 amide bonds. The molecule has 0 aliphatic rings. The average Bonchev–Trinajstić information content (AvgIpc) is 2.93. The molecule has 0 aliphatic carbocycles. The van der Waals surface area contributed by atoms with Gasteiger partial charge in [-0.1, -0.05) is 18.2 Å². The molecule has 0 spiro atoms. The SMILES string of the molecule is CC(=O)c1cnc2c(N)c(-c3cccc(CO)c3)ccn12. The molecule has 5 heteroatoms. The third kappa shape index (κ3) is 2.17. The molecule has 0 aliphatic heterocycles.